The van der Waals surface area contributed by atoms with Gasteiger partial charge < -0.3 is 15.1 Å². The zero-order chi connectivity index (χ0) is 19.2. The number of hydrogen-bond acceptors (Lipinski definition) is 4. The number of benzene rings is 1. The van der Waals surface area contributed by atoms with Gasteiger partial charge in [-0.3, -0.25) is 4.79 Å². The highest BCUT2D eigenvalue weighted by Crippen LogP contribution is 2.42. The third-order valence-electron chi connectivity index (χ3n) is 4.68. The van der Waals surface area contributed by atoms with Crippen LogP contribution in [0.4, 0.5) is 0 Å². The van der Waals surface area contributed by atoms with Gasteiger partial charge in [0.25, 0.3) is 0 Å². The zero-order valence-corrected chi connectivity index (χ0v) is 16.2. The Hall–Kier alpha value is -2.04. The van der Waals surface area contributed by atoms with Crippen LogP contribution in [0.25, 0.3) is 0 Å². The maximum absolute atomic E-state index is 11.2. The van der Waals surface area contributed by atoms with Gasteiger partial charge >= 0.3 is 5.97 Å². The quantitative estimate of drug-likeness (QED) is 0.842. The summed E-state index contributed by atoms with van der Waals surface area (Å²) < 4.78 is 0. The number of oxime groups is 1. The van der Waals surface area contributed by atoms with Gasteiger partial charge in [0.05, 0.1) is 11.6 Å². The van der Waals surface area contributed by atoms with E-state index < -0.39 is 11.9 Å². The Labute approximate surface area is 149 Å². The minimum absolute atomic E-state index is 0.225. The molecular formula is C20H29NO4. The summed E-state index contributed by atoms with van der Waals surface area (Å²) >= 11 is 0. The van der Waals surface area contributed by atoms with Crippen LogP contribution in [0.15, 0.2) is 17.3 Å². The second-order valence-corrected chi connectivity index (χ2v) is 8.91. The largest absolute Gasteiger partial charge is 0.507 e. The maximum Gasteiger partial charge on any atom is 0.312 e. The smallest absolute Gasteiger partial charge is 0.312 e. The molecule has 0 saturated carbocycles. The molecular weight excluding hydrogens is 318 g/mol. The van der Waals surface area contributed by atoms with Crippen LogP contribution in [-0.2, 0) is 20.5 Å². The number of carboxylic acids is 1. The van der Waals surface area contributed by atoms with E-state index in [0.29, 0.717) is 17.9 Å². The Kier molecular flexibility index (Phi) is 4.90. The lowest BCUT2D eigenvalue weighted by atomic mass is 9.77. The van der Waals surface area contributed by atoms with Gasteiger partial charge in [0, 0.05) is 6.42 Å². The Morgan fingerprint density at radius 3 is 2.04 bits per heavy atom. The molecule has 2 unspecified atom stereocenters. The first-order valence-electron chi connectivity index (χ1n) is 8.65. The average Bonchev–Trinajstić information content (AvgIpc) is 2.93. The van der Waals surface area contributed by atoms with Crippen LogP contribution in [0.1, 0.15) is 77.7 Å². The molecule has 0 aromatic heterocycles. The molecule has 5 heteroatoms. The van der Waals surface area contributed by atoms with Crippen LogP contribution in [0, 0.1) is 5.92 Å². The molecule has 138 valence electrons. The van der Waals surface area contributed by atoms with Crippen molar-refractivity contribution in [2.75, 3.05) is 0 Å². The van der Waals surface area contributed by atoms with Crippen molar-refractivity contribution >= 4 is 11.7 Å². The third kappa shape index (κ3) is 3.97. The van der Waals surface area contributed by atoms with E-state index in [0.717, 1.165) is 16.7 Å². The predicted molar refractivity (Wildman–Crippen MR) is 98.2 cm³/mol. The van der Waals surface area contributed by atoms with Gasteiger partial charge in [0.15, 0.2) is 6.10 Å². The van der Waals surface area contributed by atoms with Crippen molar-refractivity contribution in [1.29, 1.82) is 0 Å². The first-order chi connectivity index (χ1) is 11.3. The average molecular weight is 347 g/mol. The Balaban J connectivity index is 2.45. The molecule has 1 aromatic rings. The number of phenols is 1. The van der Waals surface area contributed by atoms with Gasteiger partial charge in [-0.15, -0.1) is 0 Å². The third-order valence-corrected chi connectivity index (χ3v) is 4.68. The topological polar surface area (TPSA) is 79.1 Å². The van der Waals surface area contributed by atoms with E-state index >= 15 is 0 Å². The first-order valence-corrected chi connectivity index (χ1v) is 8.65. The van der Waals surface area contributed by atoms with Crippen LogP contribution < -0.4 is 0 Å². The number of carboxylic acid groups (broad SMARTS) is 1. The van der Waals surface area contributed by atoms with E-state index in [1.807, 2.05) is 12.1 Å². The molecule has 2 rings (SSSR count). The number of nitrogens with zero attached hydrogens (tertiary/aromatic N) is 1. The molecule has 5 nitrogen and oxygen atoms in total. The number of aliphatic carboxylic acids is 1. The van der Waals surface area contributed by atoms with E-state index in [9.17, 15) is 9.90 Å². The van der Waals surface area contributed by atoms with Crippen LogP contribution in [0.5, 0.6) is 5.75 Å². The molecule has 0 fully saturated rings. The van der Waals surface area contributed by atoms with E-state index in [1.54, 1.807) is 6.92 Å². The standard InChI is InChI=1S/C20H29NO4/c1-11(18(23)24)15-10-16(25-21-15)12-8-13(19(2,3)4)17(22)14(9-12)20(5,6)7/h8-9,11,16,22H,10H2,1-7H3,(H,23,24). The molecule has 2 N–H and O–H groups in total. The zero-order valence-electron chi connectivity index (χ0n) is 16.2. The summed E-state index contributed by atoms with van der Waals surface area (Å²) in [6.07, 6.45) is 0.130. The van der Waals surface area contributed by atoms with Gasteiger partial charge in [-0.1, -0.05) is 46.7 Å². The molecule has 2 atom stereocenters. The normalized spacial score (nSPS) is 19.3. The molecule has 0 amide bonds. The van der Waals surface area contributed by atoms with Crippen molar-refractivity contribution in [2.45, 2.75) is 71.8 Å². The first kappa shape index (κ1) is 19.3. The van der Waals surface area contributed by atoms with Crippen LogP contribution in [-0.4, -0.2) is 21.9 Å². The van der Waals surface area contributed by atoms with Gasteiger partial charge in [-0.2, -0.15) is 0 Å². The Morgan fingerprint density at radius 2 is 1.64 bits per heavy atom. The number of rotatable bonds is 3. The summed E-state index contributed by atoms with van der Waals surface area (Å²) in [7, 11) is 0. The minimum atomic E-state index is -0.903. The van der Waals surface area contributed by atoms with Crippen molar-refractivity contribution in [2.24, 2.45) is 11.1 Å². The number of carbonyl (C=O) groups is 1. The lowest BCUT2D eigenvalue weighted by Gasteiger charge is -2.29. The van der Waals surface area contributed by atoms with Gasteiger partial charge in [-0.25, -0.2) is 0 Å². The Bertz CT molecular complexity index is 672. The number of aromatic hydroxyl groups is 1. The summed E-state index contributed by atoms with van der Waals surface area (Å²) in [4.78, 5) is 16.7. The molecule has 25 heavy (non-hydrogen) atoms. The highest BCUT2D eigenvalue weighted by molar-refractivity contribution is 6.01. The van der Waals surface area contributed by atoms with E-state index in [2.05, 4.69) is 46.7 Å². The monoisotopic (exact) mass is 347 g/mol. The molecule has 0 radical (unpaired) electrons. The van der Waals surface area contributed by atoms with Crippen LogP contribution in [0.2, 0.25) is 0 Å². The maximum atomic E-state index is 11.2. The van der Waals surface area contributed by atoms with Gasteiger partial charge in [0.1, 0.15) is 5.75 Å². The molecule has 1 aliphatic heterocycles. The van der Waals surface area contributed by atoms with E-state index in [4.69, 9.17) is 9.94 Å². The van der Waals surface area contributed by atoms with Crippen LogP contribution in [0.3, 0.4) is 0 Å². The van der Waals surface area contributed by atoms with E-state index in [-0.39, 0.29) is 16.9 Å². The van der Waals surface area contributed by atoms with E-state index in [1.165, 1.54) is 0 Å². The molecule has 0 bridgehead atoms. The number of phenolic OH excluding ortho intramolecular Hbond substituents is 1. The van der Waals surface area contributed by atoms with Crippen molar-refractivity contribution in [1.82, 2.24) is 0 Å². The van der Waals surface area contributed by atoms with Crippen molar-refractivity contribution in [3.05, 3.63) is 28.8 Å². The molecule has 0 aliphatic carbocycles. The second-order valence-electron chi connectivity index (χ2n) is 8.91. The van der Waals surface area contributed by atoms with Crippen molar-refractivity contribution in [3.63, 3.8) is 0 Å². The second kappa shape index (κ2) is 6.36. The lowest BCUT2D eigenvalue weighted by Crippen LogP contribution is -2.20. The molecule has 0 saturated heterocycles. The fourth-order valence-corrected chi connectivity index (χ4v) is 2.96. The Morgan fingerprint density at radius 1 is 1.16 bits per heavy atom. The molecule has 0 spiro atoms. The summed E-state index contributed by atoms with van der Waals surface area (Å²) in [6, 6.07) is 3.91. The van der Waals surface area contributed by atoms with Gasteiger partial charge in [-0.05, 0) is 46.6 Å². The molecule has 1 aliphatic rings. The highest BCUT2D eigenvalue weighted by Gasteiger charge is 2.33. The van der Waals surface area contributed by atoms with Crippen molar-refractivity contribution in [3.8, 4) is 5.75 Å². The van der Waals surface area contributed by atoms with Gasteiger partial charge in [0.2, 0.25) is 0 Å². The van der Waals surface area contributed by atoms with Crippen LogP contribution >= 0.6 is 0 Å². The number of hydrogen-bond donors (Lipinski definition) is 2. The summed E-state index contributed by atoms with van der Waals surface area (Å²) in [6.45, 7) is 14.0. The summed E-state index contributed by atoms with van der Waals surface area (Å²) in [5, 5.41) is 24.0. The summed E-state index contributed by atoms with van der Waals surface area (Å²) in [5.41, 5.74) is 2.73. The highest BCUT2D eigenvalue weighted by atomic mass is 16.6. The lowest BCUT2D eigenvalue weighted by molar-refractivity contribution is -0.138. The predicted octanol–water partition coefficient (Wildman–Crippen LogP) is 4.53. The van der Waals surface area contributed by atoms with Crippen molar-refractivity contribution < 1.29 is 19.8 Å². The molecule has 1 aromatic carbocycles. The fourth-order valence-electron chi connectivity index (χ4n) is 2.96. The minimum Gasteiger partial charge on any atom is -0.507 e. The SMILES string of the molecule is CC(C(=O)O)C1=NOC(c2cc(C(C)(C)C)c(O)c(C(C)(C)C)c2)C1. The molecule has 1 heterocycles. The summed E-state index contributed by atoms with van der Waals surface area (Å²) in [5.74, 6) is -1.24. The fraction of sp³-hybridized carbons (Fsp3) is 0.600.